The van der Waals surface area contributed by atoms with Crippen LogP contribution in [0.5, 0.6) is 0 Å². The SMILES string of the molecule is N#Cc1cccc(-c2ccc(-c3ccc4c(c3)sc3ccccc34)cc2)c1-n1c2ccccc2c2ccccc21. The van der Waals surface area contributed by atoms with E-state index in [2.05, 4.69) is 132 Å². The van der Waals surface area contributed by atoms with Gasteiger partial charge in [0.2, 0.25) is 0 Å². The van der Waals surface area contributed by atoms with E-state index in [1.165, 1.54) is 42.1 Å². The lowest BCUT2D eigenvalue weighted by Crippen LogP contribution is -2.00. The van der Waals surface area contributed by atoms with Gasteiger partial charge in [-0.25, -0.2) is 0 Å². The molecule has 0 unspecified atom stereocenters. The number of thiophene rings is 1. The van der Waals surface area contributed by atoms with Crippen molar-refractivity contribution >= 4 is 53.3 Å². The fourth-order valence-corrected chi connectivity index (χ4v) is 7.16. The predicted octanol–water partition coefficient (Wildman–Crippen LogP) is 10.4. The van der Waals surface area contributed by atoms with Gasteiger partial charge >= 0.3 is 0 Å². The quantitative estimate of drug-likeness (QED) is 0.225. The van der Waals surface area contributed by atoms with Crippen LogP contribution in [0.1, 0.15) is 5.56 Å². The molecule has 0 bridgehead atoms. The van der Waals surface area contributed by atoms with Crippen molar-refractivity contribution in [3.05, 3.63) is 139 Å². The summed E-state index contributed by atoms with van der Waals surface area (Å²) in [4.78, 5) is 0. The zero-order chi connectivity index (χ0) is 26.6. The van der Waals surface area contributed by atoms with E-state index in [1.54, 1.807) is 0 Å². The van der Waals surface area contributed by atoms with Crippen LogP contribution in [0.3, 0.4) is 0 Å². The van der Waals surface area contributed by atoms with Crippen molar-refractivity contribution in [3.8, 4) is 34.0 Å². The zero-order valence-corrected chi connectivity index (χ0v) is 22.3. The summed E-state index contributed by atoms with van der Waals surface area (Å²) in [5, 5.41) is 15.2. The summed E-state index contributed by atoms with van der Waals surface area (Å²) in [5.74, 6) is 0. The van der Waals surface area contributed by atoms with E-state index in [0.717, 1.165) is 27.8 Å². The van der Waals surface area contributed by atoms with Crippen molar-refractivity contribution in [1.29, 1.82) is 5.26 Å². The molecule has 0 aliphatic carbocycles. The lowest BCUT2D eigenvalue weighted by atomic mass is 9.97. The molecule has 0 spiro atoms. The van der Waals surface area contributed by atoms with Crippen molar-refractivity contribution in [1.82, 2.24) is 4.57 Å². The minimum Gasteiger partial charge on any atom is -0.307 e. The van der Waals surface area contributed by atoms with Gasteiger partial charge in [-0.2, -0.15) is 5.26 Å². The molecule has 0 fully saturated rings. The molecule has 0 aliphatic heterocycles. The van der Waals surface area contributed by atoms with Crippen LogP contribution < -0.4 is 0 Å². The monoisotopic (exact) mass is 526 g/mol. The molecule has 40 heavy (non-hydrogen) atoms. The first kappa shape index (κ1) is 22.8. The highest BCUT2D eigenvalue weighted by Crippen LogP contribution is 2.39. The molecule has 0 atom stereocenters. The topological polar surface area (TPSA) is 28.7 Å². The number of rotatable bonds is 3. The minimum atomic E-state index is 0.656. The number of para-hydroxylation sites is 3. The summed E-state index contributed by atoms with van der Waals surface area (Å²) >= 11 is 1.84. The van der Waals surface area contributed by atoms with Gasteiger partial charge in [0, 0.05) is 36.5 Å². The molecule has 0 amide bonds. The third-order valence-electron chi connectivity index (χ3n) is 7.87. The van der Waals surface area contributed by atoms with Crippen LogP contribution in [0.25, 0.3) is 69.9 Å². The van der Waals surface area contributed by atoms with Gasteiger partial charge in [0.1, 0.15) is 6.07 Å². The molecule has 8 rings (SSSR count). The molecule has 2 nitrogen and oxygen atoms in total. The van der Waals surface area contributed by atoms with E-state index in [-0.39, 0.29) is 0 Å². The summed E-state index contributed by atoms with van der Waals surface area (Å²) in [5.41, 5.74) is 8.28. The van der Waals surface area contributed by atoms with Crippen molar-refractivity contribution in [2.75, 3.05) is 0 Å². The molecular formula is C37H22N2S. The van der Waals surface area contributed by atoms with Crippen molar-refractivity contribution in [3.63, 3.8) is 0 Å². The third-order valence-corrected chi connectivity index (χ3v) is 9.00. The van der Waals surface area contributed by atoms with Crippen LogP contribution in [-0.4, -0.2) is 4.57 Å². The highest BCUT2D eigenvalue weighted by atomic mass is 32.1. The first-order chi connectivity index (χ1) is 19.8. The Balaban J connectivity index is 1.29. The first-order valence-electron chi connectivity index (χ1n) is 13.3. The Labute approximate surface area is 235 Å². The predicted molar refractivity (Wildman–Crippen MR) is 169 cm³/mol. The van der Waals surface area contributed by atoms with E-state index in [0.29, 0.717) is 5.56 Å². The molecule has 0 N–H and O–H groups in total. The molecule has 0 radical (unpaired) electrons. The minimum absolute atomic E-state index is 0.656. The molecule has 0 aliphatic rings. The van der Waals surface area contributed by atoms with E-state index in [9.17, 15) is 5.26 Å². The number of benzene rings is 6. The van der Waals surface area contributed by atoms with E-state index >= 15 is 0 Å². The summed E-state index contributed by atoms with van der Waals surface area (Å²) in [6, 6.07) is 49.5. The maximum Gasteiger partial charge on any atom is 0.101 e. The second kappa shape index (κ2) is 8.95. The van der Waals surface area contributed by atoms with Crippen LogP contribution in [0.2, 0.25) is 0 Å². The zero-order valence-electron chi connectivity index (χ0n) is 21.5. The van der Waals surface area contributed by atoms with Crippen molar-refractivity contribution in [2.24, 2.45) is 0 Å². The van der Waals surface area contributed by atoms with Gasteiger partial charge in [0.25, 0.3) is 0 Å². The Kier molecular flexibility index (Phi) is 5.10. The molecule has 6 aromatic carbocycles. The van der Waals surface area contributed by atoms with E-state index < -0.39 is 0 Å². The third kappa shape index (κ3) is 3.41. The van der Waals surface area contributed by atoms with Gasteiger partial charge in [0.05, 0.1) is 22.3 Å². The largest absolute Gasteiger partial charge is 0.307 e. The molecule has 186 valence electrons. The molecule has 8 aromatic rings. The maximum absolute atomic E-state index is 10.2. The Morgan fingerprint density at radius 2 is 1.10 bits per heavy atom. The molecule has 0 saturated heterocycles. The van der Waals surface area contributed by atoms with Gasteiger partial charge < -0.3 is 4.57 Å². The Morgan fingerprint density at radius 3 is 1.82 bits per heavy atom. The summed E-state index contributed by atoms with van der Waals surface area (Å²) < 4.78 is 4.88. The molecular weight excluding hydrogens is 504 g/mol. The highest BCUT2D eigenvalue weighted by molar-refractivity contribution is 7.25. The first-order valence-corrected chi connectivity index (χ1v) is 14.2. The van der Waals surface area contributed by atoms with Crippen LogP contribution in [0.15, 0.2) is 133 Å². The fourth-order valence-electron chi connectivity index (χ4n) is 6.02. The smallest absolute Gasteiger partial charge is 0.101 e. The highest BCUT2D eigenvalue weighted by Gasteiger charge is 2.18. The standard InChI is InChI=1S/C37H22N2S/c38-23-27-8-7-12-28(37(27)39-33-13-4-1-9-29(33)30-10-2-5-14-34(30)39)25-18-16-24(17-19-25)26-20-21-32-31-11-3-6-15-35(31)40-36(32)22-26/h1-22H. The number of nitrogens with zero attached hydrogens (tertiary/aromatic N) is 2. The van der Waals surface area contributed by atoms with Gasteiger partial charge in [-0.3, -0.25) is 0 Å². The Hall–Kier alpha value is -5.17. The molecule has 2 aromatic heterocycles. The second-order valence-electron chi connectivity index (χ2n) is 10.1. The number of fused-ring (bicyclic) bond motifs is 6. The summed E-state index contributed by atoms with van der Waals surface area (Å²) in [7, 11) is 0. The Morgan fingerprint density at radius 1 is 0.500 bits per heavy atom. The van der Waals surface area contributed by atoms with Crippen molar-refractivity contribution in [2.45, 2.75) is 0 Å². The van der Waals surface area contributed by atoms with E-state index in [1.807, 2.05) is 23.5 Å². The van der Waals surface area contributed by atoms with Gasteiger partial charge in [0.15, 0.2) is 0 Å². The molecule has 2 heterocycles. The van der Waals surface area contributed by atoms with Gasteiger partial charge in [-0.05, 0) is 47.0 Å². The lowest BCUT2D eigenvalue weighted by molar-refractivity contribution is 1.17. The number of aromatic nitrogens is 1. The van der Waals surface area contributed by atoms with Crippen molar-refractivity contribution < 1.29 is 0 Å². The van der Waals surface area contributed by atoms with Crippen LogP contribution in [0, 0.1) is 11.3 Å². The maximum atomic E-state index is 10.2. The normalized spacial score (nSPS) is 11.5. The molecule has 3 heteroatoms. The lowest BCUT2D eigenvalue weighted by Gasteiger charge is -2.16. The fraction of sp³-hybridized carbons (Fsp3) is 0. The average molecular weight is 527 g/mol. The summed E-state index contributed by atoms with van der Waals surface area (Å²) in [6.45, 7) is 0. The second-order valence-corrected chi connectivity index (χ2v) is 11.2. The average Bonchev–Trinajstić information content (AvgIpc) is 3.56. The summed E-state index contributed by atoms with van der Waals surface area (Å²) in [6.07, 6.45) is 0. The van der Waals surface area contributed by atoms with Crippen LogP contribution in [-0.2, 0) is 0 Å². The number of nitriles is 1. The van der Waals surface area contributed by atoms with Gasteiger partial charge in [-0.15, -0.1) is 11.3 Å². The number of hydrogen-bond acceptors (Lipinski definition) is 2. The van der Waals surface area contributed by atoms with Crippen LogP contribution in [0.4, 0.5) is 0 Å². The Bertz CT molecular complexity index is 2220. The van der Waals surface area contributed by atoms with E-state index in [4.69, 9.17) is 0 Å². The molecule has 0 saturated carbocycles. The van der Waals surface area contributed by atoms with Gasteiger partial charge in [-0.1, -0.05) is 103 Å². The van der Waals surface area contributed by atoms with Crippen LogP contribution >= 0.6 is 11.3 Å². The number of hydrogen-bond donors (Lipinski definition) is 0.